The van der Waals surface area contributed by atoms with E-state index in [0.717, 1.165) is 0 Å². The number of nitrogens with zero attached hydrogens (tertiary/aromatic N) is 2. The van der Waals surface area contributed by atoms with Crippen molar-refractivity contribution in [2.45, 2.75) is 20.8 Å². The van der Waals surface area contributed by atoms with E-state index in [1.54, 1.807) is 18.2 Å². The van der Waals surface area contributed by atoms with Gasteiger partial charge in [0.1, 0.15) is 12.1 Å². The summed E-state index contributed by atoms with van der Waals surface area (Å²) >= 11 is 0. The summed E-state index contributed by atoms with van der Waals surface area (Å²) in [6.07, 6.45) is 0. The molecule has 0 saturated carbocycles. The van der Waals surface area contributed by atoms with Crippen molar-refractivity contribution < 1.29 is 0 Å². The second-order valence-electron chi connectivity index (χ2n) is 4.45. The van der Waals surface area contributed by atoms with Crippen LogP contribution < -0.4 is 0 Å². The molecule has 16 heavy (non-hydrogen) atoms. The predicted molar refractivity (Wildman–Crippen MR) is 62.2 cm³/mol. The fourth-order valence-corrected chi connectivity index (χ4v) is 1.12. The molecule has 0 aliphatic rings. The first kappa shape index (κ1) is 11.8. The van der Waals surface area contributed by atoms with Gasteiger partial charge in [0.05, 0.1) is 11.1 Å². The Kier molecular flexibility index (Phi) is 3.34. The van der Waals surface area contributed by atoms with Crippen molar-refractivity contribution in [3.63, 3.8) is 0 Å². The van der Waals surface area contributed by atoms with Crippen LogP contribution in [0.4, 0.5) is 0 Å². The van der Waals surface area contributed by atoms with Crippen molar-refractivity contribution in [3.8, 4) is 24.0 Å². The van der Waals surface area contributed by atoms with Crippen LogP contribution in [0.25, 0.3) is 0 Å². The van der Waals surface area contributed by atoms with Gasteiger partial charge in [-0.2, -0.15) is 10.5 Å². The summed E-state index contributed by atoms with van der Waals surface area (Å²) in [5.74, 6) is 6.01. The molecule has 0 atom stereocenters. The quantitative estimate of drug-likeness (QED) is 0.615. The molecule has 2 heteroatoms. The second kappa shape index (κ2) is 4.52. The lowest BCUT2D eigenvalue weighted by Crippen LogP contribution is -2.00. The number of hydrogen-bond donors (Lipinski definition) is 0. The monoisotopic (exact) mass is 208 g/mol. The van der Waals surface area contributed by atoms with Crippen LogP contribution in [0.5, 0.6) is 0 Å². The van der Waals surface area contributed by atoms with Crippen LogP contribution in [-0.2, 0) is 0 Å². The highest BCUT2D eigenvalue weighted by molar-refractivity contribution is 5.56. The minimum atomic E-state index is -0.116. The van der Waals surface area contributed by atoms with Gasteiger partial charge in [0.2, 0.25) is 0 Å². The Bertz CT molecular complexity index is 537. The lowest BCUT2D eigenvalue weighted by Gasteiger charge is -2.07. The molecule has 2 nitrogen and oxygen atoms in total. The van der Waals surface area contributed by atoms with Crippen LogP contribution in [0.3, 0.4) is 0 Å². The topological polar surface area (TPSA) is 47.6 Å². The number of benzene rings is 1. The maximum Gasteiger partial charge on any atom is 0.102 e. The van der Waals surface area contributed by atoms with Crippen LogP contribution in [-0.4, -0.2) is 0 Å². The molecule has 0 N–H and O–H groups in total. The van der Waals surface area contributed by atoms with Gasteiger partial charge in [-0.25, -0.2) is 0 Å². The van der Waals surface area contributed by atoms with Crippen LogP contribution in [0.1, 0.15) is 37.5 Å². The molecule has 0 saturated heterocycles. The summed E-state index contributed by atoms with van der Waals surface area (Å²) in [5, 5.41) is 17.8. The fraction of sp³-hybridized carbons (Fsp3) is 0.286. The van der Waals surface area contributed by atoms with Gasteiger partial charge >= 0.3 is 0 Å². The molecule has 0 unspecified atom stereocenters. The highest BCUT2D eigenvalue weighted by Gasteiger charge is 2.07. The summed E-state index contributed by atoms with van der Waals surface area (Å²) in [6.45, 7) is 6.00. The molecule has 1 rings (SSSR count). The SMILES string of the molecule is CC(C)(C)C#Cc1cccc(C#N)c1C#N. The zero-order chi connectivity index (χ0) is 12.2. The average Bonchev–Trinajstić information content (AvgIpc) is 2.24. The van der Waals surface area contributed by atoms with Crippen molar-refractivity contribution in [3.05, 3.63) is 34.9 Å². The second-order valence-corrected chi connectivity index (χ2v) is 4.45. The molecule has 0 bridgehead atoms. The van der Waals surface area contributed by atoms with E-state index >= 15 is 0 Å². The van der Waals surface area contributed by atoms with Crippen molar-refractivity contribution in [1.82, 2.24) is 0 Å². The molecule has 0 radical (unpaired) electrons. The summed E-state index contributed by atoms with van der Waals surface area (Å²) < 4.78 is 0. The normalized spacial score (nSPS) is 9.56. The van der Waals surface area contributed by atoms with Crippen molar-refractivity contribution >= 4 is 0 Å². The molecular weight excluding hydrogens is 196 g/mol. The van der Waals surface area contributed by atoms with Gasteiger partial charge in [0, 0.05) is 11.0 Å². The lowest BCUT2D eigenvalue weighted by atomic mass is 9.96. The molecule has 0 spiro atoms. The van der Waals surface area contributed by atoms with E-state index in [-0.39, 0.29) is 5.41 Å². The fourth-order valence-electron chi connectivity index (χ4n) is 1.12. The minimum absolute atomic E-state index is 0.116. The third-order valence-corrected chi connectivity index (χ3v) is 1.87. The first-order valence-corrected chi connectivity index (χ1v) is 4.94. The molecule has 0 aliphatic carbocycles. The Morgan fingerprint density at radius 3 is 2.12 bits per heavy atom. The molecule has 0 amide bonds. The van der Waals surface area contributed by atoms with Crippen molar-refractivity contribution in [2.75, 3.05) is 0 Å². The minimum Gasteiger partial charge on any atom is -0.192 e. The molecule has 1 aromatic carbocycles. The number of nitriles is 2. The third-order valence-electron chi connectivity index (χ3n) is 1.87. The van der Waals surface area contributed by atoms with Crippen LogP contribution in [0.15, 0.2) is 18.2 Å². The number of rotatable bonds is 0. The van der Waals surface area contributed by atoms with Gasteiger partial charge < -0.3 is 0 Å². The van der Waals surface area contributed by atoms with E-state index in [4.69, 9.17) is 10.5 Å². The van der Waals surface area contributed by atoms with E-state index in [0.29, 0.717) is 16.7 Å². The van der Waals surface area contributed by atoms with Crippen molar-refractivity contribution in [1.29, 1.82) is 10.5 Å². The third kappa shape index (κ3) is 2.88. The van der Waals surface area contributed by atoms with Gasteiger partial charge in [0.15, 0.2) is 0 Å². The smallest absolute Gasteiger partial charge is 0.102 e. The zero-order valence-corrected chi connectivity index (χ0v) is 9.63. The van der Waals surface area contributed by atoms with E-state index in [1.165, 1.54) is 0 Å². The van der Waals surface area contributed by atoms with Gasteiger partial charge in [-0.15, -0.1) is 0 Å². The Balaban J connectivity index is 3.31. The first-order chi connectivity index (χ1) is 7.48. The van der Waals surface area contributed by atoms with Crippen LogP contribution in [0, 0.1) is 39.9 Å². The average molecular weight is 208 g/mol. The molecule has 78 valence electrons. The van der Waals surface area contributed by atoms with Crippen molar-refractivity contribution in [2.24, 2.45) is 5.41 Å². The van der Waals surface area contributed by atoms with Crippen LogP contribution in [0.2, 0.25) is 0 Å². The molecule has 0 fully saturated rings. The van der Waals surface area contributed by atoms with Gasteiger partial charge in [0.25, 0.3) is 0 Å². The van der Waals surface area contributed by atoms with E-state index in [9.17, 15) is 0 Å². The summed E-state index contributed by atoms with van der Waals surface area (Å²) in [6, 6.07) is 9.15. The van der Waals surface area contributed by atoms with Gasteiger partial charge in [-0.3, -0.25) is 0 Å². The van der Waals surface area contributed by atoms with E-state index in [2.05, 4.69) is 11.8 Å². The molecular formula is C14H12N2. The van der Waals surface area contributed by atoms with E-state index in [1.807, 2.05) is 32.9 Å². The molecule has 1 aromatic rings. The maximum atomic E-state index is 8.99. The standard InChI is InChI=1S/C14H12N2/c1-14(2,3)8-7-11-5-4-6-12(9-15)13(11)10-16/h4-6H,1-3H3. The van der Waals surface area contributed by atoms with Crippen LogP contribution >= 0.6 is 0 Å². The largest absolute Gasteiger partial charge is 0.192 e. The first-order valence-electron chi connectivity index (χ1n) is 4.94. The highest BCUT2D eigenvalue weighted by atomic mass is 14.3. The summed E-state index contributed by atoms with van der Waals surface area (Å²) in [5.41, 5.74) is 1.25. The van der Waals surface area contributed by atoms with Gasteiger partial charge in [-0.05, 0) is 32.9 Å². The Morgan fingerprint density at radius 1 is 1.00 bits per heavy atom. The molecule has 0 aromatic heterocycles. The van der Waals surface area contributed by atoms with Gasteiger partial charge in [-0.1, -0.05) is 17.9 Å². The Hall–Kier alpha value is -2.24. The highest BCUT2D eigenvalue weighted by Crippen LogP contribution is 2.14. The number of hydrogen-bond acceptors (Lipinski definition) is 2. The summed E-state index contributed by atoms with van der Waals surface area (Å²) in [4.78, 5) is 0. The summed E-state index contributed by atoms with van der Waals surface area (Å²) in [7, 11) is 0. The maximum absolute atomic E-state index is 8.99. The molecule has 0 heterocycles. The van der Waals surface area contributed by atoms with E-state index < -0.39 is 0 Å². The Morgan fingerprint density at radius 2 is 1.62 bits per heavy atom. The lowest BCUT2D eigenvalue weighted by molar-refractivity contribution is 0.571. The predicted octanol–water partition coefficient (Wildman–Crippen LogP) is 2.83. The Labute approximate surface area is 96.1 Å². The molecule has 0 aliphatic heterocycles. The zero-order valence-electron chi connectivity index (χ0n) is 9.63.